The van der Waals surface area contributed by atoms with Crippen LogP contribution in [0.5, 0.6) is 0 Å². The van der Waals surface area contributed by atoms with E-state index in [1.165, 1.54) is 38.4 Å². The molecule has 2 rings (SSSR count). The molecule has 0 aromatic carbocycles. The molecular weight excluding hydrogens is 975 g/mol. The second-order valence-corrected chi connectivity index (χ2v) is 18.7. The van der Waals surface area contributed by atoms with Crippen LogP contribution < -0.4 is 70.8 Å². The van der Waals surface area contributed by atoms with Gasteiger partial charge in [-0.15, -0.1) is 0 Å². The van der Waals surface area contributed by atoms with E-state index in [1.807, 2.05) is 5.32 Å². The van der Waals surface area contributed by atoms with Crippen molar-refractivity contribution >= 4 is 65.0 Å². The number of aromatic nitrogens is 1. The highest BCUT2D eigenvalue weighted by molar-refractivity contribution is 5.99. The lowest BCUT2D eigenvalue weighted by molar-refractivity contribution is -0.140. The Morgan fingerprint density at radius 3 is 1.80 bits per heavy atom. The second-order valence-electron chi connectivity index (χ2n) is 18.7. The van der Waals surface area contributed by atoms with Gasteiger partial charge in [0.1, 0.15) is 48.3 Å². The molecule has 0 spiro atoms. The van der Waals surface area contributed by atoms with E-state index >= 15 is 0 Å². The number of hydrogen-bond donors (Lipinski definition) is 17. The number of nitrogens with zero attached hydrogens (tertiary/aromatic N) is 2. The Morgan fingerprint density at radius 1 is 0.703 bits per heavy atom. The van der Waals surface area contributed by atoms with E-state index in [1.54, 1.807) is 27.7 Å². The summed E-state index contributed by atoms with van der Waals surface area (Å²) < 4.78 is 0. The summed E-state index contributed by atoms with van der Waals surface area (Å²) in [6.45, 7) is 8.71. The minimum atomic E-state index is -2.48. The number of nitrogens with two attached hydrogens (primary N) is 4. The Hall–Kier alpha value is -7.08. The van der Waals surface area contributed by atoms with Crippen molar-refractivity contribution in [2.24, 2.45) is 45.7 Å². The zero-order chi connectivity index (χ0) is 56.1. The standard InChI is InChI=1S/C45H75N15O14/c1-8-21(6)29-42(72)58-30(22(7)62)41(71)52-17-27(63)56-33(35(65)36(47)66)44(74)55-26(18-61)39(69)59-31(23-11-9-13-50-16-23)28(46)40(70)60-32(34(64)20(4)5)43(73)54-25(15-19(2)3)38(68)53-24(37(67)57-29)12-10-14-51-45(48)49/h9,11,13,16,19-22,24-26,28-35,61-62,64-65H,8,10,12,14-15,17-18,46H2,1-7H3,(H2,47,66)(H,52,71)(H,53,68)(H,54,73)(H,55,74)(H,56,63)(H,57,67)(H,58,72)(H,59,69)(H,60,70)(H4,48,49,51)/t21-,22-,24+,25-,26?,28-,29-,30-,31+,32-,33?,34+,35-/m0/s1. The number of rotatable bonds is 15. The van der Waals surface area contributed by atoms with Crippen LogP contribution in [0.3, 0.4) is 0 Å². The number of primary amides is 1. The van der Waals surface area contributed by atoms with Gasteiger partial charge in [0.2, 0.25) is 59.1 Å². The number of nitrogens with one attached hydrogen (secondary N) is 9. The van der Waals surface area contributed by atoms with Gasteiger partial charge >= 0.3 is 0 Å². The molecule has 414 valence electrons. The van der Waals surface area contributed by atoms with Crippen LogP contribution in [0.25, 0.3) is 0 Å². The number of pyridine rings is 1. The molecule has 0 radical (unpaired) electrons. The predicted octanol–water partition coefficient (Wildman–Crippen LogP) is -7.53. The van der Waals surface area contributed by atoms with Crippen LogP contribution in [-0.4, -0.2) is 177 Å². The normalized spacial score (nSPS) is 26.6. The van der Waals surface area contributed by atoms with Gasteiger partial charge in [0, 0.05) is 18.9 Å². The number of guanidine groups is 1. The Kier molecular flexibility index (Phi) is 25.7. The number of amides is 10. The first-order valence-corrected chi connectivity index (χ1v) is 24.0. The zero-order valence-electron chi connectivity index (χ0n) is 42.5. The van der Waals surface area contributed by atoms with Crippen LogP contribution in [0.4, 0.5) is 0 Å². The minimum Gasteiger partial charge on any atom is -0.394 e. The Morgan fingerprint density at radius 2 is 1.26 bits per heavy atom. The van der Waals surface area contributed by atoms with E-state index < -0.39 is 157 Å². The zero-order valence-corrected chi connectivity index (χ0v) is 42.5. The molecule has 29 nitrogen and oxygen atoms in total. The van der Waals surface area contributed by atoms with E-state index in [9.17, 15) is 68.4 Å². The highest BCUT2D eigenvalue weighted by Gasteiger charge is 2.40. The third-order valence-corrected chi connectivity index (χ3v) is 11.8. The lowest BCUT2D eigenvalue weighted by atomic mass is 9.95. The fraction of sp³-hybridized carbons (Fsp3) is 0.644. The molecule has 2 unspecified atom stereocenters. The van der Waals surface area contributed by atoms with Gasteiger partial charge in [0.05, 0.1) is 31.4 Å². The summed E-state index contributed by atoms with van der Waals surface area (Å²) in [7, 11) is 0. The van der Waals surface area contributed by atoms with Crippen LogP contribution in [0.15, 0.2) is 29.5 Å². The number of hydrogen-bond acceptors (Lipinski definition) is 17. The molecule has 0 aliphatic carbocycles. The van der Waals surface area contributed by atoms with Gasteiger partial charge in [-0.05, 0) is 55.6 Å². The molecule has 2 heterocycles. The molecule has 0 saturated carbocycles. The summed E-state index contributed by atoms with van der Waals surface area (Å²) in [6, 6.07) is -12.8. The van der Waals surface area contributed by atoms with Crippen molar-refractivity contribution in [3.05, 3.63) is 30.1 Å². The summed E-state index contributed by atoms with van der Waals surface area (Å²) in [4.78, 5) is 145. The van der Waals surface area contributed by atoms with Crippen molar-refractivity contribution < 1.29 is 68.4 Å². The van der Waals surface area contributed by atoms with Crippen molar-refractivity contribution in [1.29, 1.82) is 0 Å². The van der Waals surface area contributed by atoms with E-state index in [2.05, 4.69) is 52.5 Å². The first-order valence-electron chi connectivity index (χ1n) is 24.0. The van der Waals surface area contributed by atoms with E-state index in [-0.39, 0.29) is 49.7 Å². The minimum absolute atomic E-state index is 0.00383. The van der Waals surface area contributed by atoms with Gasteiger partial charge in [-0.3, -0.25) is 57.9 Å². The van der Waals surface area contributed by atoms with Crippen LogP contribution >= 0.6 is 0 Å². The largest absolute Gasteiger partial charge is 0.394 e. The summed E-state index contributed by atoms with van der Waals surface area (Å²) >= 11 is 0. The third-order valence-electron chi connectivity index (χ3n) is 11.8. The molecule has 0 bridgehead atoms. The van der Waals surface area contributed by atoms with Gasteiger partial charge in [0.25, 0.3) is 0 Å². The molecule has 1 aliphatic heterocycles. The van der Waals surface area contributed by atoms with Gasteiger partial charge in [-0.1, -0.05) is 54.0 Å². The van der Waals surface area contributed by atoms with Gasteiger partial charge in [0.15, 0.2) is 12.1 Å². The second kappa shape index (κ2) is 30.2. The smallest absolute Gasteiger partial charge is 0.248 e. The number of aliphatic imine (C=N–C) groups is 1. The van der Waals surface area contributed by atoms with Gasteiger partial charge < -0.3 is 91.2 Å². The Balaban J connectivity index is 2.85. The van der Waals surface area contributed by atoms with Crippen molar-refractivity contribution in [2.75, 3.05) is 19.7 Å². The van der Waals surface area contributed by atoms with Gasteiger partial charge in [-0.25, -0.2) is 0 Å². The number of carbonyl (C=O) groups excluding carboxylic acids is 10. The van der Waals surface area contributed by atoms with Crippen LogP contribution in [0.1, 0.15) is 85.8 Å². The summed E-state index contributed by atoms with van der Waals surface area (Å²) in [5.41, 5.74) is 22.8. The van der Waals surface area contributed by atoms with Gasteiger partial charge in [-0.2, -0.15) is 0 Å². The Bertz CT molecular complexity index is 2150. The maximum absolute atomic E-state index is 14.3. The molecule has 1 aliphatic rings. The quantitative estimate of drug-likeness (QED) is 0.0441. The topological polar surface area (TPSA) is 489 Å². The molecule has 1 aromatic heterocycles. The third kappa shape index (κ3) is 19.4. The van der Waals surface area contributed by atoms with E-state index in [0.29, 0.717) is 0 Å². The monoisotopic (exact) mass is 1050 g/mol. The van der Waals surface area contributed by atoms with Crippen LogP contribution in [0, 0.1) is 17.8 Å². The Labute approximate surface area is 427 Å². The summed E-state index contributed by atoms with van der Waals surface area (Å²) in [5.74, 6) is -13.7. The molecule has 74 heavy (non-hydrogen) atoms. The number of aliphatic hydroxyl groups excluding tert-OH is 4. The molecular formula is C45H75N15O14. The molecule has 10 amide bonds. The highest BCUT2D eigenvalue weighted by atomic mass is 16.3. The molecule has 1 saturated heterocycles. The molecule has 1 aromatic rings. The van der Waals surface area contributed by atoms with E-state index in [0.717, 1.165) is 6.92 Å². The molecule has 13 atom stereocenters. The van der Waals surface area contributed by atoms with Crippen molar-refractivity contribution in [1.82, 2.24) is 52.8 Å². The van der Waals surface area contributed by atoms with Crippen molar-refractivity contribution in [3.8, 4) is 0 Å². The molecule has 1 fully saturated rings. The van der Waals surface area contributed by atoms with E-state index in [4.69, 9.17) is 22.9 Å². The summed E-state index contributed by atoms with van der Waals surface area (Å²) in [5, 5.41) is 64.1. The first-order chi connectivity index (χ1) is 34.6. The van der Waals surface area contributed by atoms with Crippen LogP contribution in [0.2, 0.25) is 0 Å². The lowest BCUT2D eigenvalue weighted by Gasteiger charge is -2.32. The fourth-order valence-corrected chi connectivity index (χ4v) is 7.31. The maximum atomic E-state index is 14.3. The van der Waals surface area contributed by atoms with Crippen molar-refractivity contribution in [2.45, 2.75) is 147 Å². The average Bonchev–Trinajstić information content (AvgIpc) is 3.34. The maximum Gasteiger partial charge on any atom is 0.248 e. The fourth-order valence-electron chi connectivity index (χ4n) is 7.31. The highest BCUT2D eigenvalue weighted by Crippen LogP contribution is 2.18. The number of aliphatic hydroxyl groups is 4. The van der Waals surface area contributed by atoms with Crippen molar-refractivity contribution in [3.63, 3.8) is 0 Å². The molecule has 29 heteroatoms. The number of carbonyl (C=O) groups is 10. The summed E-state index contributed by atoms with van der Waals surface area (Å²) in [6.07, 6.45) is -3.05. The SMILES string of the molecule is CC[C@H](C)[C@@H]1NC(=O)[C@@H](CCCN=C(N)N)NC(=O)[C@H](CC(C)C)NC(=O)[C@H]([C@H](O)C(C)C)NC(=O)[C@@H](N)[C@@H](c2cccnc2)NC(=O)C(CO)NC(=O)C([C@H](O)C(N)=O)NC(=O)CNC(=O)[C@H]([C@H](C)O)NC1=O. The molecule has 21 N–H and O–H groups in total. The van der Waals surface area contributed by atoms with Crippen LogP contribution in [-0.2, 0) is 47.9 Å². The predicted molar refractivity (Wildman–Crippen MR) is 263 cm³/mol. The average molecular weight is 1050 g/mol. The first kappa shape index (κ1) is 63.0. The lowest BCUT2D eigenvalue weighted by Crippen LogP contribution is -2.64.